The second-order valence-corrected chi connectivity index (χ2v) is 3.81. The zero-order valence-corrected chi connectivity index (χ0v) is 8.88. The first kappa shape index (κ1) is 11.6. The number of rotatable bonds is 4. The topological polar surface area (TPSA) is 78.9 Å². The third-order valence-electron chi connectivity index (χ3n) is 1.79. The van der Waals surface area contributed by atoms with Crippen LogP contribution in [0.25, 0.3) is 0 Å². The summed E-state index contributed by atoms with van der Waals surface area (Å²) in [7, 11) is 0. The van der Waals surface area contributed by atoms with Gasteiger partial charge in [0.2, 0.25) is 5.91 Å². The number of nitrogens with one attached hydrogen (secondary N) is 1. The lowest BCUT2D eigenvalue weighted by Gasteiger charge is -2.02. The Morgan fingerprint density at radius 1 is 1.53 bits per heavy atom. The first-order chi connectivity index (χ1) is 7.27. The number of hydrazine groups is 1. The molecule has 0 saturated carbocycles. The van der Waals surface area contributed by atoms with E-state index in [1.54, 1.807) is 6.07 Å². The first-order valence-corrected chi connectivity index (χ1v) is 5.48. The van der Waals surface area contributed by atoms with E-state index in [9.17, 15) is 4.79 Å². The summed E-state index contributed by atoms with van der Waals surface area (Å²) in [6.07, 6.45) is 0. The van der Waals surface area contributed by atoms with Crippen molar-refractivity contribution in [3.63, 3.8) is 0 Å². The van der Waals surface area contributed by atoms with Crippen LogP contribution < -0.4 is 11.3 Å². The molecule has 78 valence electrons. The van der Waals surface area contributed by atoms with Gasteiger partial charge in [0.1, 0.15) is 0 Å². The van der Waals surface area contributed by atoms with Crippen molar-refractivity contribution in [2.24, 2.45) is 5.84 Å². The van der Waals surface area contributed by atoms with E-state index in [2.05, 4.69) is 11.5 Å². The summed E-state index contributed by atoms with van der Waals surface area (Å²) in [4.78, 5) is 10.8. The van der Waals surface area contributed by atoms with Gasteiger partial charge in [0, 0.05) is 5.75 Å². The number of thioether (sulfide) groups is 1. The average molecular weight is 221 g/mol. The molecule has 1 rings (SSSR count). The molecule has 4 nitrogen and oxygen atoms in total. The van der Waals surface area contributed by atoms with Crippen molar-refractivity contribution in [1.82, 2.24) is 5.43 Å². The van der Waals surface area contributed by atoms with Crippen LogP contribution in [0.5, 0.6) is 0 Å². The Bertz CT molecular complexity index is 386. The van der Waals surface area contributed by atoms with Crippen molar-refractivity contribution in [1.29, 1.82) is 5.26 Å². The Labute approximate surface area is 92.4 Å². The van der Waals surface area contributed by atoms with E-state index < -0.39 is 0 Å². The normalized spacial score (nSPS) is 9.33. The van der Waals surface area contributed by atoms with Gasteiger partial charge in [-0.15, -0.1) is 11.8 Å². The van der Waals surface area contributed by atoms with Crippen LogP contribution in [0.15, 0.2) is 24.3 Å². The molecule has 0 unspecified atom stereocenters. The maximum atomic E-state index is 10.8. The molecule has 1 aromatic carbocycles. The highest BCUT2D eigenvalue weighted by atomic mass is 32.2. The third-order valence-corrected chi connectivity index (χ3v) is 2.77. The summed E-state index contributed by atoms with van der Waals surface area (Å²) in [5.41, 5.74) is 3.65. The summed E-state index contributed by atoms with van der Waals surface area (Å²) in [5.74, 6) is 5.67. The molecule has 0 aliphatic heterocycles. The zero-order chi connectivity index (χ0) is 11.1. The highest BCUT2D eigenvalue weighted by Crippen LogP contribution is 2.15. The summed E-state index contributed by atoms with van der Waals surface area (Å²) in [6, 6.07) is 9.45. The van der Waals surface area contributed by atoms with Gasteiger partial charge < -0.3 is 0 Å². The Morgan fingerprint density at radius 2 is 2.27 bits per heavy atom. The van der Waals surface area contributed by atoms with Crippen LogP contribution in [0, 0.1) is 11.3 Å². The van der Waals surface area contributed by atoms with Crippen LogP contribution >= 0.6 is 11.8 Å². The first-order valence-electron chi connectivity index (χ1n) is 4.33. The molecule has 1 amide bonds. The summed E-state index contributed by atoms with van der Waals surface area (Å²) >= 11 is 1.43. The van der Waals surface area contributed by atoms with Crippen molar-refractivity contribution in [2.75, 3.05) is 5.75 Å². The zero-order valence-electron chi connectivity index (χ0n) is 8.06. The highest BCUT2D eigenvalue weighted by Gasteiger charge is 2.02. The van der Waals surface area contributed by atoms with E-state index in [4.69, 9.17) is 11.1 Å². The van der Waals surface area contributed by atoms with Crippen molar-refractivity contribution in [3.05, 3.63) is 35.4 Å². The van der Waals surface area contributed by atoms with Gasteiger partial charge in [0.25, 0.3) is 0 Å². The van der Waals surface area contributed by atoms with Gasteiger partial charge in [0.05, 0.1) is 17.4 Å². The minimum Gasteiger partial charge on any atom is -0.294 e. The van der Waals surface area contributed by atoms with Gasteiger partial charge in [-0.05, 0) is 11.6 Å². The van der Waals surface area contributed by atoms with Gasteiger partial charge >= 0.3 is 0 Å². The minimum absolute atomic E-state index is 0.213. The van der Waals surface area contributed by atoms with Crippen LogP contribution in [0.2, 0.25) is 0 Å². The van der Waals surface area contributed by atoms with Crippen LogP contribution in [0.1, 0.15) is 11.1 Å². The molecule has 0 atom stereocenters. The molecule has 0 fully saturated rings. The van der Waals surface area contributed by atoms with Gasteiger partial charge in [-0.2, -0.15) is 5.26 Å². The Balaban J connectivity index is 2.51. The smallest absolute Gasteiger partial charge is 0.243 e. The largest absolute Gasteiger partial charge is 0.294 e. The van der Waals surface area contributed by atoms with Crippen molar-refractivity contribution < 1.29 is 4.79 Å². The quantitative estimate of drug-likeness (QED) is 0.447. The molecule has 0 heterocycles. The lowest BCUT2D eigenvalue weighted by molar-refractivity contribution is -0.118. The number of hydrogen-bond acceptors (Lipinski definition) is 4. The van der Waals surface area contributed by atoms with E-state index in [0.717, 1.165) is 5.56 Å². The fraction of sp³-hybridized carbons (Fsp3) is 0.200. The number of carbonyl (C=O) groups is 1. The van der Waals surface area contributed by atoms with E-state index >= 15 is 0 Å². The Morgan fingerprint density at radius 3 is 2.93 bits per heavy atom. The predicted octanol–water partition coefficient (Wildman–Crippen LogP) is 0.781. The molecular weight excluding hydrogens is 210 g/mol. The van der Waals surface area contributed by atoms with Crippen molar-refractivity contribution in [3.8, 4) is 6.07 Å². The molecule has 0 spiro atoms. The Hall–Kier alpha value is -1.51. The minimum atomic E-state index is -0.213. The molecule has 0 saturated heterocycles. The van der Waals surface area contributed by atoms with Gasteiger partial charge in [0.15, 0.2) is 0 Å². The van der Waals surface area contributed by atoms with Crippen LogP contribution in [0.3, 0.4) is 0 Å². The lowest BCUT2D eigenvalue weighted by atomic mass is 10.1. The van der Waals surface area contributed by atoms with Gasteiger partial charge in [-0.1, -0.05) is 18.2 Å². The highest BCUT2D eigenvalue weighted by molar-refractivity contribution is 7.99. The number of nitriles is 1. The number of amides is 1. The molecule has 0 bridgehead atoms. The van der Waals surface area contributed by atoms with Crippen molar-refractivity contribution >= 4 is 17.7 Å². The van der Waals surface area contributed by atoms with E-state index in [1.807, 2.05) is 18.2 Å². The number of nitrogens with two attached hydrogens (primary N) is 1. The third kappa shape index (κ3) is 3.62. The van der Waals surface area contributed by atoms with Crippen molar-refractivity contribution in [2.45, 2.75) is 5.75 Å². The molecule has 0 aromatic heterocycles. The fourth-order valence-electron chi connectivity index (χ4n) is 1.05. The molecule has 15 heavy (non-hydrogen) atoms. The summed E-state index contributed by atoms with van der Waals surface area (Å²) in [6.45, 7) is 0. The standard InChI is InChI=1S/C10H11N3OS/c11-5-8-3-1-2-4-9(8)6-15-7-10(14)13-12/h1-4H,6-7,12H2,(H,13,14). The second kappa shape index (κ2) is 6.06. The number of benzene rings is 1. The molecule has 0 radical (unpaired) electrons. The summed E-state index contributed by atoms with van der Waals surface area (Å²) < 4.78 is 0. The van der Waals surface area contributed by atoms with Gasteiger partial charge in [-0.25, -0.2) is 5.84 Å². The molecule has 1 aromatic rings. The van der Waals surface area contributed by atoms with E-state index in [-0.39, 0.29) is 5.91 Å². The van der Waals surface area contributed by atoms with Gasteiger partial charge in [-0.3, -0.25) is 10.2 Å². The number of nitrogens with zero attached hydrogens (tertiary/aromatic N) is 1. The van der Waals surface area contributed by atoms with Crippen LogP contribution in [0.4, 0.5) is 0 Å². The number of hydrogen-bond donors (Lipinski definition) is 2. The molecule has 0 aliphatic carbocycles. The lowest BCUT2D eigenvalue weighted by Crippen LogP contribution is -2.31. The monoisotopic (exact) mass is 221 g/mol. The maximum absolute atomic E-state index is 10.8. The molecule has 3 N–H and O–H groups in total. The second-order valence-electron chi connectivity index (χ2n) is 2.83. The maximum Gasteiger partial charge on any atom is 0.243 e. The summed E-state index contributed by atoms with van der Waals surface area (Å²) in [5, 5.41) is 8.81. The number of carbonyl (C=O) groups excluding carboxylic acids is 1. The molecular formula is C10H11N3OS. The Kier molecular flexibility index (Phi) is 4.68. The fourth-order valence-corrected chi connectivity index (χ4v) is 1.89. The molecule has 5 heteroatoms. The predicted molar refractivity (Wildman–Crippen MR) is 59.6 cm³/mol. The van der Waals surface area contributed by atoms with E-state index in [0.29, 0.717) is 17.1 Å². The van der Waals surface area contributed by atoms with E-state index in [1.165, 1.54) is 11.8 Å². The average Bonchev–Trinajstić information content (AvgIpc) is 2.29. The van der Waals surface area contributed by atoms with Crippen LogP contribution in [-0.2, 0) is 10.5 Å². The van der Waals surface area contributed by atoms with Crippen LogP contribution in [-0.4, -0.2) is 11.7 Å². The SMILES string of the molecule is N#Cc1ccccc1CSCC(=O)NN. The molecule has 0 aliphatic rings.